The molecular weight excluding hydrogens is 404 g/mol. The Hall–Kier alpha value is -3.66. The topological polar surface area (TPSA) is 104 Å². The Morgan fingerprint density at radius 3 is 2.83 bits per heavy atom. The number of fused-ring (bicyclic) bond motifs is 2. The van der Waals surface area contributed by atoms with Crippen LogP contribution >= 0.6 is 11.8 Å². The minimum absolute atomic E-state index is 0.0855. The molecule has 1 amide bonds. The molecule has 150 valence electrons. The molecule has 30 heavy (non-hydrogen) atoms. The van der Waals surface area contributed by atoms with E-state index in [0.717, 1.165) is 16.9 Å². The number of carbonyl (C=O) groups is 1. The Morgan fingerprint density at radius 2 is 1.93 bits per heavy atom. The van der Waals surface area contributed by atoms with Crippen LogP contribution in [0.1, 0.15) is 5.56 Å². The molecule has 1 aromatic carbocycles. The molecule has 10 heteroatoms. The van der Waals surface area contributed by atoms with E-state index in [4.69, 9.17) is 9.47 Å². The zero-order valence-corrected chi connectivity index (χ0v) is 16.5. The predicted octanol–water partition coefficient (Wildman–Crippen LogP) is 2.32. The third-order valence-electron chi connectivity index (χ3n) is 4.45. The van der Waals surface area contributed by atoms with Crippen molar-refractivity contribution in [1.82, 2.24) is 30.1 Å². The van der Waals surface area contributed by atoms with Gasteiger partial charge in [0.15, 0.2) is 23.0 Å². The third-order valence-corrected chi connectivity index (χ3v) is 5.37. The van der Waals surface area contributed by atoms with Gasteiger partial charge in [-0.3, -0.25) is 9.78 Å². The molecule has 4 aromatic rings. The van der Waals surface area contributed by atoms with Gasteiger partial charge in [0.05, 0.1) is 5.75 Å². The van der Waals surface area contributed by atoms with E-state index in [2.05, 4.69) is 25.6 Å². The molecule has 0 spiro atoms. The highest BCUT2D eigenvalue weighted by Gasteiger charge is 2.14. The fourth-order valence-electron chi connectivity index (χ4n) is 2.97. The van der Waals surface area contributed by atoms with E-state index in [0.29, 0.717) is 28.8 Å². The van der Waals surface area contributed by atoms with E-state index in [-0.39, 0.29) is 18.5 Å². The van der Waals surface area contributed by atoms with Crippen LogP contribution in [0, 0.1) is 0 Å². The molecule has 4 heterocycles. The number of nitrogens with zero attached hydrogens (tertiary/aromatic N) is 5. The van der Waals surface area contributed by atoms with Crippen molar-refractivity contribution in [3.8, 4) is 22.9 Å². The maximum Gasteiger partial charge on any atom is 0.231 e. The van der Waals surface area contributed by atoms with Crippen LogP contribution in [0.3, 0.4) is 0 Å². The molecule has 0 unspecified atom stereocenters. The van der Waals surface area contributed by atoms with E-state index >= 15 is 0 Å². The zero-order chi connectivity index (χ0) is 20.3. The quantitative estimate of drug-likeness (QED) is 0.474. The Kier molecular flexibility index (Phi) is 4.89. The number of ether oxygens (including phenoxy) is 2. The van der Waals surface area contributed by atoms with Gasteiger partial charge in [-0.25, -0.2) is 0 Å². The first-order valence-corrected chi connectivity index (χ1v) is 10.2. The highest BCUT2D eigenvalue weighted by atomic mass is 32.2. The molecule has 0 radical (unpaired) electrons. The lowest BCUT2D eigenvalue weighted by Gasteiger charge is -2.06. The summed E-state index contributed by atoms with van der Waals surface area (Å²) in [5.41, 5.74) is 2.45. The molecule has 1 aliphatic heterocycles. The molecule has 0 atom stereocenters. The fourth-order valence-corrected chi connectivity index (χ4v) is 3.66. The maximum absolute atomic E-state index is 12.3. The molecular formula is C20H16N6O3S. The molecule has 5 rings (SSSR count). The minimum Gasteiger partial charge on any atom is -0.454 e. The largest absolute Gasteiger partial charge is 0.454 e. The van der Waals surface area contributed by atoms with Gasteiger partial charge in [-0.1, -0.05) is 17.8 Å². The van der Waals surface area contributed by atoms with Gasteiger partial charge >= 0.3 is 0 Å². The first kappa shape index (κ1) is 18.4. The molecule has 0 aliphatic carbocycles. The maximum atomic E-state index is 12.3. The zero-order valence-electron chi connectivity index (χ0n) is 15.7. The lowest BCUT2D eigenvalue weighted by atomic mass is 10.2. The summed E-state index contributed by atoms with van der Waals surface area (Å²) in [4.78, 5) is 16.3. The summed E-state index contributed by atoms with van der Waals surface area (Å²) in [6.07, 6.45) is 3.39. The molecule has 0 saturated heterocycles. The van der Waals surface area contributed by atoms with Gasteiger partial charge in [-0.2, -0.15) is 9.61 Å². The summed E-state index contributed by atoms with van der Waals surface area (Å²) in [6.45, 7) is 0.647. The fraction of sp³-hybridized carbons (Fsp3) is 0.150. The number of amides is 1. The second-order valence-electron chi connectivity index (χ2n) is 6.45. The van der Waals surface area contributed by atoms with Gasteiger partial charge in [-0.15, -0.1) is 10.2 Å². The van der Waals surface area contributed by atoms with Crippen LogP contribution < -0.4 is 14.8 Å². The second-order valence-corrected chi connectivity index (χ2v) is 7.45. The number of rotatable bonds is 6. The number of thioether (sulfide) groups is 1. The lowest BCUT2D eigenvalue weighted by molar-refractivity contribution is -0.118. The Balaban J connectivity index is 1.22. The average molecular weight is 420 g/mol. The first-order chi connectivity index (χ1) is 14.8. The number of benzene rings is 1. The van der Waals surface area contributed by atoms with Crippen LogP contribution in [0.5, 0.6) is 11.5 Å². The Bertz CT molecular complexity index is 1210. The van der Waals surface area contributed by atoms with Gasteiger partial charge in [-0.05, 0) is 42.0 Å². The number of hydrogen-bond acceptors (Lipinski definition) is 8. The average Bonchev–Trinajstić information content (AvgIpc) is 3.43. The summed E-state index contributed by atoms with van der Waals surface area (Å²) in [5.74, 6) is 2.21. The summed E-state index contributed by atoms with van der Waals surface area (Å²) in [5, 5.41) is 16.5. The highest BCUT2D eigenvalue weighted by molar-refractivity contribution is 7.99. The highest BCUT2D eigenvalue weighted by Crippen LogP contribution is 2.32. The van der Waals surface area contributed by atoms with Gasteiger partial charge in [0, 0.05) is 24.5 Å². The van der Waals surface area contributed by atoms with E-state index in [9.17, 15) is 4.79 Å². The Morgan fingerprint density at radius 1 is 1.07 bits per heavy atom. The summed E-state index contributed by atoms with van der Waals surface area (Å²) < 4.78 is 12.3. The molecule has 0 saturated carbocycles. The summed E-state index contributed by atoms with van der Waals surface area (Å²) in [6, 6.07) is 13.0. The minimum atomic E-state index is -0.0855. The number of hydrogen-bond donors (Lipinski definition) is 1. The van der Waals surface area contributed by atoms with Crippen LogP contribution in [0.4, 0.5) is 0 Å². The standard InChI is InChI=1S/C20H16N6O3S/c27-18(22-10-13-1-2-15-16(9-13)29-12-28-15)11-30-19-4-3-17-23-24-20(26(17)25-19)14-5-7-21-8-6-14/h1-9H,10-12H2,(H,22,27). The van der Waals surface area contributed by atoms with Crippen molar-refractivity contribution in [2.24, 2.45) is 0 Å². The van der Waals surface area contributed by atoms with Crippen molar-refractivity contribution in [2.45, 2.75) is 11.6 Å². The van der Waals surface area contributed by atoms with Crippen LogP contribution in [0.15, 0.2) is 59.9 Å². The molecule has 0 fully saturated rings. The van der Waals surface area contributed by atoms with E-state index in [1.165, 1.54) is 11.8 Å². The van der Waals surface area contributed by atoms with Crippen LogP contribution in [-0.2, 0) is 11.3 Å². The molecule has 1 N–H and O–H groups in total. The molecule has 0 bridgehead atoms. The van der Waals surface area contributed by atoms with Crippen molar-refractivity contribution in [3.63, 3.8) is 0 Å². The summed E-state index contributed by atoms with van der Waals surface area (Å²) >= 11 is 1.35. The third kappa shape index (κ3) is 3.77. The number of pyridine rings is 1. The van der Waals surface area contributed by atoms with Gasteiger partial charge in [0.1, 0.15) is 5.03 Å². The molecule has 3 aromatic heterocycles. The van der Waals surface area contributed by atoms with E-state index < -0.39 is 0 Å². The van der Waals surface area contributed by atoms with Gasteiger partial charge in [0.2, 0.25) is 12.7 Å². The van der Waals surface area contributed by atoms with Gasteiger partial charge in [0.25, 0.3) is 0 Å². The van der Waals surface area contributed by atoms with Crippen LogP contribution in [-0.4, -0.2) is 43.2 Å². The van der Waals surface area contributed by atoms with Crippen molar-refractivity contribution in [3.05, 3.63) is 60.4 Å². The summed E-state index contributed by atoms with van der Waals surface area (Å²) in [7, 11) is 0. The number of nitrogens with one attached hydrogen (secondary N) is 1. The van der Waals surface area contributed by atoms with Crippen LogP contribution in [0.2, 0.25) is 0 Å². The SMILES string of the molecule is O=C(CSc1ccc2nnc(-c3ccncc3)n2n1)NCc1ccc2c(c1)OCO2. The van der Waals surface area contributed by atoms with Crippen molar-refractivity contribution < 1.29 is 14.3 Å². The number of aromatic nitrogens is 5. The van der Waals surface area contributed by atoms with Crippen LogP contribution in [0.25, 0.3) is 17.0 Å². The van der Waals surface area contributed by atoms with Crippen molar-refractivity contribution in [2.75, 3.05) is 12.5 Å². The molecule has 9 nitrogen and oxygen atoms in total. The van der Waals surface area contributed by atoms with E-state index in [1.807, 2.05) is 42.5 Å². The second kappa shape index (κ2) is 7.99. The van der Waals surface area contributed by atoms with Crippen molar-refractivity contribution >= 4 is 23.3 Å². The predicted molar refractivity (Wildman–Crippen MR) is 109 cm³/mol. The normalized spacial score (nSPS) is 12.3. The van der Waals surface area contributed by atoms with Crippen molar-refractivity contribution in [1.29, 1.82) is 0 Å². The lowest BCUT2D eigenvalue weighted by Crippen LogP contribution is -2.24. The first-order valence-electron chi connectivity index (χ1n) is 9.17. The van der Waals surface area contributed by atoms with E-state index in [1.54, 1.807) is 16.9 Å². The number of carbonyl (C=O) groups excluding carboxylic acids is 1. The Labute approximate surface area is 175 Å². The van der Waals surface area contributed by atoms with Gasteiger partial charge < -0.3 is 14.8 Å². The molecule has 1 aliphatic rings. The monoisotopic (exact) mass is 420 g/mol. The smallest absolute Gasteiger partial charge is 0.231 e.